The van der Waals surface area contributed by atoms with Crippen molar-refractivity contribution < 1.29 is 19.8 Å². The molecule has 0 fully saturated rings. The molecule has 2 aromatic carbocycles. The van der Waals surface area contributed by atoms with E-state index in [-0.39, 0.29) is 0 Å². The molecular weight excluding hydrogens is 344 g/mol. The number of hydrogen-bond donors (Lipinski definition) is 3. The predicted molar refractivity (Wildman–Crippen MR) is 106 cm³/mol. The molecule has 0 bridgehead atoms. The van der Waals surface area contributed by atoms with Gasteiger partial charge in [0.15, 0.2) is 0 Å². The molecule has 0 aliphatic rings. The number of aliphatic hydroxyl groups is 2. The van der Waals surface area contributed by atoms with Crippen molar-refractivity contribution >= 4 is 25.0 Å². The first-order valence-corrected chi connectivity index (χ1v) is 10.8. The second-order valence-corrected chi connectivity index (χ2v) is 11.6. The third-order valence-electron chi connectivity index (χ3n) is 5.49. The molecule has 3 N–H and O–H groups in total. The van der Waals surface area contributed by atoms with Crippen molar-refractivity contribution in [2.45, 2.75) is 31.7 Å². The van der Waals surface area contributed by atoms with Crippen LogP contribution in [0.15, 0.2) is 60.7 Å². The molecule has 5 heteroatoms. The first-order valence-electron chi connectivity index (χ1n) is 8.87. The second kappa shape index (κ2) is 8.27. The first-order chi connectivity index (χ1) is 12.3. The van der Waals surface area contributed by atoms with E-state index in [1.165, 1.54) is 0 Å². The Kier molecular flexibility index (Phi) is 6.52. The minimum atomic E-state index is -3.15. The lowest BCUT2D eigenvalue weighted by molar-refractivity contribution is -0.121. The Labute approximate surface area is 156 Å². The summed E-state index contributed by atoms with van der Waals surface area (Å²) in [6.07, 6.45) is 1.44. The predicted octanol–water partition coefficient (Wildman–Crippen LogP) is 1.47. The van der Waals surface area contributed by atoms with E-state index in [2.05, 4.69) is 0 Å². The Balaban J connectivity index is 2.46. The van der Waals surface area contributed by atoms with Crippen LogP contribution in [0, 0.1) is 5.41 Å². The largest absolute Gasteiger partial charge is 0.424 e. The van der Waals surface area contributed by atoms with Crippen LogP contribution in [0.1, 0.15) is 26.7 Å². The van der Waals surface area contributed by atoms with E-state index in [9.17, 15) is 19.8 Å². The van der Waals surface area contributed by atoms with Crippen LogP contribution in [-0.4, -0.2) is 42.8 Å². The summed E-state index contributed by atoms with van der Waals surface area (Å²) in [5, 5.41) is 20.4. The van der Waals surface area contributed by atoms with Crippen LogP contribution in [0.25, 0.3) is 0 Å². The normalized spacial score (nSPS) is 12.8. The Morgan fingerprint density at radius 3 is 1.62 bits per heavy atom. The number of benzene rings is 2. The van der Waals surface area contributed by atoms with Gasteiger partial charge in [-0.25, -0.2) is 0 Å². The highest BCUT2D eigenvalue weighted by Gasteiger charge is 2.50. The first kappa shape index (κ1) is 20.5. The van der Waals surface area contributed by atoms with E-state index >= 15 is 0 Å². The Morgan fingerprint density at radius 1 is 0.846 bits per heavy atom. The molecule has 2 rings (SSSR count). The molecule has 4 nitrogen and oxygen atoms in total. The molecule has 0 radical (unpaired) electrons. The van der Waals surface area contributed by atoms with E-state index < -0.39 is 32.0 Å². The third-order valence-corrected chi connectivity index (χ3v) is 10.0. The number of aldehydes is 1. The van der Waals surface area contributed by atoms with Crippen molar-refractivity contribution in [1.29, 1.82) is 0 Å². The number of carbonyl (C=O) groups excluding carboxylic acids is 1. The van der Waals surface area contributed by atoms with Gasteiger partial charge in [0.05, 0.1) is 18.6 Å². The van der Waals surface area contributed by atoms with Crippen LogP contribution in [0.5, 0.6) is 0 Å². The van der Waals surface area contributed by atoms with Gasteiger partial charge in [0.1, 0.15) is 6.29 Å². The molecule has 0 aliphatic carbocycles. The quantitative estimate of drug-likeness (QED) is 0.460. The zero-order chi connectivity index (χ0) is 19.3. The van der Waals surface area contributed by atoms with Gasteiger partial charge in [-0.15, -0.1) is 0 Å². The van der Waals surface area contributed by atoms with Crippen molar-refractivity contribution in [2.24, 2.45) is 5.41 Å². The van der Waals surface area contributed by atoms with Crippen LogP contribution in [0.2, 0.25) is 5.04 Å². The topological polar surface area (TPSA) is 77.8 Å². The minimum Gasteiger partial charge on any atom is -0.424 e. The summed E-state index contributed by atoms with van der Waals surface area (Å²) < 4.78 is 0. The van der Waals surface area contributed by atoms with Crippen molar-refractivity contribution in [3.63, 3.8) is 0 Å². The zero-order valence-electron chi connectivity index (χ0n) is 15.4. The molecule has 0 amide bonds. The zero-order valence-corrected chi connectivity index (χ0v) is 16.4. The molecule has 0 unspecified atom stereocenters. The van der Waals surface area contributed by atoms with Gasteiger partial charge in [0.2, 0.25) is 0 Å². The molecule has 0 atom stereocenters. The van der Waals surface area contributed by atoms with Gasteiger partial charge >= 0.3 is 0 Å². The van der Waals surface area contributed by atoms with Gasteiger partial charge in [-0.05, 0) is 28.3 Å². The Bertz CT molecular complexity index is 657. The Hall–Kier alpha value is -1.79. The summed E-state index contributed by atoms with van der Waals surface area (Å²) in [6, 6.07) is 19.3. The van der Waals surface area contributed by atoms with Gasteiger partial charge in [0, 0.05) is 0 Å². The minimum absolute atomic E-state index is 0.311. The fourth-order valence-electron chi connectivity index (χ4n) is 3.39. The summed E-state index contributed by atoms with van der Waals surface area (Å²) in [4.78, 5) is 23.4. The molecule has 0 heterocycles. The van der Waals surface area contributed by atoms with Gasteiger partial charge in [0.25, 0.3) is 8.32 Å². The van der Waals surface area contributed by atoms with Crippen LogP contribution in [-0.2, 0) is 4.79 Å². The lowest BCUT2D eigenvalue weighted by Crippen LogP contribution is -2.65. The third kappa shape index (κ3) is 3.81. The maximum atomic E-state index is 12.0. The molecule has 0 saturated heterocycles. The van der Waals surface area contributed by atoms with Crippen LogP contribution < -0.4 is 10.4 Å². The van der Waals surface area contributed by atoms with Crippen molar-refractivity contribution in [3.8, 4) is 0 Å². The highest BCUT2D eigenvalue weighted by molar-refractivity contribution is 6.98. The van der Waals surface area contributed by atoms with E-state index in [0.717, 1.165) is 10.4 Å². The number of carbonyl (C=O) groups is 1. The van der Waals surface area contributed by atoms with Gasteiger partial charge in [-0.3, -0.25) is 0 Å². The van der Waals surface area contributed by atoms with Crippen molar-refractivity contribution in [1.82, 2.24) is 0 Å². The smallest absolute Gasteiger partial charge is 0.258 e. The maximum absolute atomic E-state index is 12.0. The SMILES string of the molecule is CC(C)(CCC(C=O)(CO)CO)[Si](O)(c1ccccc1)c1ccccc1. The maximum Gasteiger partial charge on any atom is 0.258 e. The highest BCUT2D eigenvalue weighted by Crippen LogP contribution is 2.42. The molecule has 140 valence electrons. The van der Waals surface area contributed by atoms with Crippen LogP contribution in [0.3, 0.4) is 0 Å². The number of rotatable bonds is 9. The monoisotopic (exact) mass is 372 g/mol. The van der Waals surface area contributed by atoms with E-state index in [0.29, 0.717) is 19.1 Å². The summed E-state index contributed by atoms with van der Waals surface area (Å²) in [7, 11) is -3.15. The molecule has 0 aliphatic heterocycles. The van der Waals surface area contributed by atoms with E-state index in [1.807, 2.05) is 74.5 Å². The van der Waals surface area contributed by atoms with Crippen molar-refractivity contribution in [2.75, 3.05) is 13.2 Å². The van der Waals surface area contributed by atoms with Crippen LogP contribution in [0.4, 0.5) is 0 Å². The molecule has 26 heavy (non-hydrogen) atoms. The summed E-state index contributed by atoms with van der Waals surface area (Å²) in [6.45, 7) is 3.20. The fraction of sp³-hybridized carbons (Fsp3) is 0.381. The lowest BCUT2D eigenvalue weighted by atomic mass is 9.84. The van der Waals surface area contributed by atoms with Gasteiger partial charge in [-0.1, -0.05) is 74.5 Å². The molecule has 0 spiro atoms. The standard InChI is InChI=1S/C21H28O4Si/c1-20(2,13-14-21(15-22,16-23)17-24)26(25,18-9-5-3-6-10-18)19-11-7-4-8-12-19/h3-12,15,23-25H,13-14,16-17H2,1-2H3. The van der Waals surface area contributed by atoms with E-state index in [1.54, 1.807) is 0 Å². The number of hydrogen-bond acceptors (Lipinski definition) is 4. The summed E-state index contributed by atoms with van der Waals surface area (Å²) in [5.41, 5.74) is -1.17. The number of aliphatic hydroxyl groups excluding tert-OH is 2. The molecular formula is C21H28O4Si. The molecule has 0 aromatic heterocycles. The second-order valence-electron chi connectivity index (χ2n) is 7.62. The highest BCUT2D eigenvalue weighted by atomic mass is 28.4. The molecule has 2 aromatic rings. The lowest BCUT2D eigenvalue weighted by Gasteiger charge is -2.42. The fourth-order valence-corrected chi connectivity index (χ4v) is 7.12. The van der Waals surface area contributed by atoms with E-state index in [4.69, 9.17) is 0 Å². The summed E-state index contributed by atoms with van der Waals surface area (Å²) in [5.74, 6) is 0. The molecule has 0 saturated carbocycles. The average molecular weight is 373 g/mol. The van der Waals surface area contributed by atoms with Crippen LogP contribution >= 0.6 is 0 Å². The van der Waals surface area contributed by atoms with Crippen molar-refractivity contribution in [3.05, 3.63) is 60.7 Å². The van der Waals surface area contributed by atoms with Gasteiger partial charge < -0.3 is 19.8 Å². The Morgan fingerprint density at radius 2 is 1.27 bits per heavy atom. The van der Waals surface area contributed by atoms with Gasteiger partial charge in [-0.2, -0.15) is 0 Å². The summed E-state index contributed by atoms with van der Waals surface area (Å²) >= 11 is 0. The average Bonchev–Trinajstić information content (AvgIpc) is 2.70.